The van der Waals surface area contributed by atoms with Crippen LogP contribution < -0.4 is 5.73 Å². The van der Waals surface area contributed by atoms with Gasteiger partial charge in [-0.05, 0) is 25.3 Å². The molecular weight excluding hydrogens is 240 g/mol. The predicted molar refractivity (Wildman–Crippen MR) is 76.0 cm³/mol. The lowest BCUT2D eigenvalue weighted by Gasteiger charge is -2.46. The fourth-order valence-electron chi connectivity index (χ4n) is 2.85. The molecule has 2 N–H and O–H groups in total. The largest absolute Gasteiger partial charge is 0.379 e. The summed E-state index contributed by atoms with van der Waals surface area (Å²) in [6.45, 7) is 8.08. The van der Waals surface area contributed by atoms with Gasteiger partial charge in [-0.15, -0.1) is 0 Å². The van der Waals surface area contributed by atoms with Crippen molar-refractivity contribution in [2.24, 2.45) is 12.8 Å². The highest BCUT2D eigenvalue weighted by Crippen LogP contribution is 2.25. The minimum Gasteiger partial charge on any atom is -0.379 e. The lowest BCUT2D eigenvalue weighted by molar-refractivity contribution is -0.0272. The van der Waals surface area contributed by atoms with E-state index in [1.165, 1.54) is 5.56 Å². The van der Waals surface area contributed by atoms with Crippen molar-refractivity contribution >= 4 is 0 Å². The van der Waals surface area contributed by atoms with Gasteiger partial charge in [-0.1, -0.05) is 6.92 Å². The highest BCUT2D eigenvalue weighted by Gasteiger charge is 2.37. The van der Waals surface area contributed by atoms with Gasteiger partial charge in [0.15, 0.2) is 0 Å². The normalized spacial score (nSPS) is 22.1. The van der Waals surface area contributed by atoms with Crippen LogP contribution in [0.3, 0.4) is 0 Å². The Balaban J connectivity index is 2.06. The fraction of sp³-hybridized carbons (Fsp3) is 0.786. The molecule has 5 heteroatoms. The summed E-state index contributed by atoms with van der Waals surface area (Å²) in [4.78, 5) is 2.48. The molecule has 0 aliphatic carbocycles. The van der Waals surface area contributed by atoms with Gasteiger partial charge in [0.2, 0.25) is 0 Å². The van der Waals surface area contributed by atoms with Crippen LogP contribution in [0.5, 0.6) is 0 Å². The quantitative estimate of drug-likeness (QED) is 0.856. The van der Waals surface area contributed by atoms with Gasteiger partial charge in [0.05, 0.1) is 19.4 Å². The fourth-order valence-corrected chi connectivity index (χ4v) is 2.85. The summed E-state index contributed by atoms with van der Waals surface area (Å²) in [5.41, 5.74) is 7.75. The first-order valence-electron chi connectivity index (χ1n) is 7.12. The average Bonchev–Trinajstić information content (AvgIpc) is 2.84. The van der Waals surface area contributed by atoms with E-state index in [1.54, 1.807) is 0 Å². The smallest absolute Gasteiger partial charge is 0.0594 e. The molecule has 108 valence electrons. The van der Waals surface area contributed by atoms with E-state index in [1.807, 2.05) is 17.9 Å². The molecule has 2 rings (SSSR count). The van der Waals surface area contributed by atoms with Gasteiger partial charge in [-0.25, -0.2) is 0 Å². The third-order valence-corrected chi connectivity index (χ3v) is 4.46. The summed E-state index contributed by atoms with van der Waals surface area (Å²) in [5, 5.41) is 4.22. The first kappa shape index (κ1) is 14.5. The van der Waals surface area contributed by atoms with Crippen LogP contribution in [-0.4, -0.2) is 52.6 Å². The van der Waals surface area contributed by atoms with Crippen LogP contribution >= 0.6 is 0 Å². The third-order valence-electron chi connectivity index (χ3n) is 4.46. The first-order chi connectivity index (χ1) is 9.06. The second-order valence-corrected chi connectivity index (χ2v) is 5.64. The maximum absolute atomic E-state index is 6.52. The molecule has 1 aliphatic rings. The van der Waals surface area contributed by atoms with E-state index < -0.39 is 0 Å². The van der Waals surface area contributed by atoms with Gasteiger partial charge in [-0.2, -0.15) is 5.10 Å². The Morgan fingerprint density at radius 3 is 2.68 bits per heavy atom. The lowest BCUT2D eigenvalue weighted by Crippen LogP contribution is -2.61. The summed E-state index contributed by atoms with van der Waals surface area (Å²) in [7, 11) is 1.94. The van der Waals surface area contributed by atoms with Crippen LogP contribution in [0.25, 0.3) is 0 Å². The zero-order valence-corrected chi connectivity index (χ0v) is 12.3. The molecule has 2 heterocycles. The van der Waals surface area contributed by atoms with E-state index >= 15 is 0 Å². The molecule has 5 nitrogen and oxygen atoms in total. The topological polar surface area (TPSA) is 56.3 Å². The number of aryl methyl sites for hydroxylation is 1. The van der Waals surface area contributed by atoms with Crippen LogP contribution in [0, 0.1) is 0 Å². The second-order valence-electron chi connectivity index (χ2n) is 5.64. The number of hydrogen-bond acceptors (Lipinski definition) is 4. The standard InChI is InChI=1S/C14H26N4O/c1-4-14(2,18-5-7-19-8-6-18)13(15)9-12-10-16-17(3)11-12/h10-11,13H,4-9,15H2,1-3H3. The van der Waals surface area contributed by atoms with Crippen LogP contribution in [0.15, 0.2) is 12.4 Å². The molecular formula is C14H26N4O. The number of morpholine rings is 1. The van der Waals surface area contributed by atoms with Crippen molar-refractivity contribution in [1.82, 2.24) is 14.7 Å². The summed E-state index contributed by atoms with van der Waals surface area (Å²) in [6, 6.07) is 0.111. The maximum atomic E-state index is 6.52. The molecule has 0 spiro atoms. The number of rotatable bonds is 5. The monoisotopic (exact) mass is 266 g/mol. The van der Waals surface area contributed by atoms with Crippen molar-refractivity contribution in [3.63, 3.8) is 0 Å². The molecule has 0 amide bonds. The second kappa shape index (κ2) is 6.03. The molecule has 1 saturated heterocycles. The molecule has 1 aliphatic heterocycles. The zero-order valence-electron chi connectivity index (χ0n) is 12.3. The Kier molecular flexibility index (Phi) is 4.60. The van der Waals surface area contributed by atoms with Crippen LogP contribution in [0.2, 0.25) is 0 Å². The van der Waals surface area contributed by atoms with E-state index in [0.717, 1.165) is 39.1 Å². The third kappa shape index (κ3) is 3.16. The number of nitrogens with zero attached hydrogens (tertiary/aromatic N) is 3. The van der Waals surface area contributed by atoms with Gasteiger partial charge < -0.3 is 10.5 Å². The molecule has 0 radical (unpaired) electrons. The summed E-state index contributed by atoms with van der Waals surface area (Å²) < 4.78 is 7.28. The first-order valence-corrected chi connectivity index (χ1v) is 7.12. The van der Waals surface area contributed by atoms with Crippen molar-refractivity contribution in [3.05, 3.63) is 18.0 Å². The van der Waals surface area contributed by atoms with Crippen LogP contribution in [-0.2, 0) is 18.2 Å². The van der Waals surface area contributed by atoms with E-state index in [0.29, 0.717) is 0 Å². The highest BCUT2D eigenvalue weighted by molar-refractivity contribution is 5.09. The van der Waals surface area contributed by atoms with E-state index in [2.05, 4.69) is 30.0 Å². The van der Waals surface area contributed by atoms with Gasteiger partial charge in [0.1, 0.15) is 0 Å². The van der Waals surface area contributed by atoms with Crippen LogP contribution in [0.1, 0.15) is 25.8 Å². The molecule has 0 bridgehead atoms. The predicted octanol–water partition coefficient (Wildman–Crippen LogP) is 0.791. The van der Waals surface area contributed by atoms with E-state index in [9.17, 15) is 0 Å². The molecule has 19 heavy (non-hydrogen) atoms. The van der Waals surface area contributed by atoms with Gasteiger partial charge in [0, 0.05) is 37.9 Å². The van der Waals surface area contributed by atoms with Crippen molar-refractivity contribution < 1.29 is 4.74 Å². The lowest BCUT2D eigenvalue weighted by atomic mass is 9.84. The number of ether oxygens (including phenoxy) is 1. The van der Waals surface area contributed by atoms with Crippen molar-refractivity contribution in [2.45, 2.75) is 38.3 Å². The molecule has 0 aromatic carbocycles. The number of nitrogens with two attached hydrogens (primary N) is 1. The molecule has 2 unspecified atom stereocenters. The SMILES string of the molecule is CCC(C)(C(N)Cc1cnn(C)c1)N1CCOCC1. The number of hydrogen-bond donors (Lipinski definition) is 1. The average molecular weight is 266 g/mol. The summed E-state index contributed by atoms with van der Waals surface area (Å²) in [5.74, 6) is 0. The molecule has 1 fully saturated rings. The van der Waals surface area contributed by atoms with Crippen LogP contribution in [0.4, 0.5) is 0 Å². The van der Waals surface area contributed by atoms with Gasteiger partial charge in [-0.3, -0.25) is 9.58 Å². The van der Waals surface area contributed by atoms with Crippen molar-refractivity contribution in [1.29, 1.82) is 0 Å². The Labute approximate surface area is 115 Å². The Bertz CT molecular complexity index is 400. The van der Waals surface area contributed by atoms with E-state index in [-0.39, 0.29) is 11.6 Å². The zero-order chi connectivity index (χ0) is 13.9. The summed E-state index contributed by atoms with van der Waals surface area (Å²) >= 11 is 0. The van der Waals surface area contributed by atoms with Gasteiger partial charge in [0.25, 0.3) is 0 Å². The van der Waals surface area contributed by atoms with Crippen molar-refractivity contribution in [3.8, 4) is 0 Å². The molecule has 1 aromatic heterocycles. The number of aromatic nitrogens is 2. The summed E-state index contributed by atoms with van der Waals surface area (Å²) in [6.07, 6.45) is 5.88. The minimum atomic E-state index is 0.0274. The Morgan fingerprint density at radius 1 is 1.47 bits per heavy atom. The van der Waals surface area contributed by atoms with Gasteiger partial charge >= 0.3 is 0 Å². The Morgan fingerprint density at radius 2 is 2.16 bits per heavy atom. The minimum absolute atomic E-state index is 0.0274. The van der Waals surface area contributed by atoms with E-state index in [4.69, 9.17) is 10.5 Å². The van der Waals surface area contributed by atoms with Crippen molar-refractivity contribution in [2.75, 3.05) is 26.3 Å². The molecule has 2 atom stereocenters. The maximum Gasteiger partial charge on any atom is 0.0594 e. The molecule has 1 aromatic rings. The highest BCUT2D eigenvalue weighted by atomic mass is 16.5. The Hall–Kier alpha value is -0.910. The molecule has 0 saturated carbocycles.